The third-order valence-corrected chi connectivity index (χ3v) is 4.48. The van der Waals surface area contributed by atoms with Crippen molar-refractivity contribution in [3.8, 4) is 6.07 Å². The van der Waals surface area contributed by atoms with E-state index in [-0.39, 0.29) is 12.0 Å². The number of hydrogen-bond donors (Lipinski definition) is 1. The molecule has 0 saturated heterocycles. The Morgan fingerprint density at radius 1 is 1.30 bits per heavy atom. The number of hydrogen-bond acceptors (Lipinski definition) is 5. The Kier molecular flexibility index (Phi) is 7.76. The molecule has 0 aliphatic heterocycles. The molecule has 0 atom stereocenters. The van der Waals surface area contributed by atoms with Gasteiger partial charge in [-0.3, -0.25) is 4.79 Å². The van der Waals surface area contributed by atoms with Crippen LogP contribution < -0.4 is 5.32 Å². The van der Waals surface area contributed by atoms with Gasteiger partial charge >= 0.3 is 5.97 Å². The molecule has 1 aromatic heterocycles. The minimum absolute atomic E-state index is 0.123. The molecule has 126 valence electrons. The highest BCUT2D eigenvalue weighted by atomic mass is 32.1. The number of esters is 1. The quantitative estimate of drug-likeness (QED) is 0.563. The summed E-state index contributed by atoms with van der Waals surface area (Å²) in [7, 11) is 0. The highest BCUT2D eigenvalue weighted by Crippen LogP contribution is 2.33. The first kappa shape index (κ1) is 19.2. The third-order valence-electron chi connectivity index (χ3n) is 3.30. The van der Waals surface area contributed by atoms with E-state index in [9.17, 15) is 14.9 Å². The monoisotopic (exact) mass is 336 g/mol. The summed E-state index contributed by atoms with van der Waals surface area (Å²) in [6.07, 6.45) is 4.27. The zero-order valence-corrected chi connectivity index (χ0v) is 15.0. The number of thiophene rings is 1. The van der Waals surface area contributed by atoms with Crippen LogP contribution in [0, 0.1) is 18.3 Å². The molecule has 1 amide bonds. The topological polar surface area (TPSA) is 79.2 Å². The number of amides is 1. The fourth-order valence-electron chi connectivity index (χ4n) is 2.10. The summed E-state index contributed by atoms with van der Waals surface area (Å²) in [5, 5.41) is 12.5. The van der Waals surface area contributed by atoms with Crippen LogP contribution in [0.2, 0.25) is 0 Å². The molecule has 0 spiro atoms. The number of anilines is 1. The lowest BCUT2D eigenvalue weighted by atomic mass is 10.1. The van der Waals surface area contributed by atoms with Gasteiger partial charge in [-0.05, 0) is 32.8 Å². The Bertz CT molecular complexity index is 600. The first-order valence-electron chi connectivity index (χ1n) is 7.95. The number of nitrogens with zero attached hydrogens (tertiary/aromatic N) is 1. The lowest BCUT2D eigenvalue weighted by Crippen LogP contribution is -2.11. The summed E-state index contributed by atoms with van der Waals surface area (Å²) in [6, 6.07) is 2.06. The second kappa shape index (κ2) is 9.31. The van der Waals surface area contributed by atoms with Crippen LogP contribution in [0.4, 0.5) is 5.00 Å². The zero-order valence-electron chi connectivity index (χ0n) is 14.2. The molecule has 0 saturated carbocycles. The average Bonchev–Trinajstić information content (AvgIpc) is 2.79. The van der Waals surface area contributed by atoms with E-state index >= 15 is 0 Å². The van der Waals surface area contributed by atoms with Crippen LogP contribution in [0.25, 0.3) is 0 Å². The van der Waals surface area contributed by atoms with Crippen molar-refractivity contribution in [3.63, 3.8) is 0 Å². The molecule has 1 N–H and O–H groups in total. The summed E-state index contributed by atoms with van der Waals surface area (Å²) in [4.78, 5) is 24.4. The van der Waals surface area contributed by atoms with Gasteiger partial charge in [0.05, 0.1) is 11.7 Å². The molecule has 5 nitrogen and oxygen atoms in total. The molecule has 0 aromatic carbocycles. The van der Waals surface area contributed by atoms with Gasteiger partial charge in [-0.2, -0.15) is 5.26 Å². The molecule has 0 aliphatic carbocycles. The number of nitrogens with one attached hydrogen (secondary N) is 1. The predicted octanol–water partition coefficient (Wildman–Crippen LogP) is 4.40. The molecule has 1 aromatic rings. The van der Waals surface area contributed by atoms with Gasteiger partial charge in [0.15, 0.2) is 0 Å². The van der Waals surface area contributed by atoms with Crippen LogP contribution in [0.5, 0.6) is 0 Å². The normalized spacial score (nSPS) is 10.4. The summed E-state index contributed by atoms with van der Waals surface area (Å²) in [6.45, 7) is 7.35. The number of nitriles is 1. The molecular formula is C17H24N2O3S. The van der Waals surface area contributed by atoms with E-state index in [2.05, 4.69) is 18.3 Å². The average molecular weight is 336 g/mol. The minimum Gasteiger partial charge on any atom is -0.459 e. The van der Waals surface area contributed by atoms with Crippen molar-refractivity contribution in [3.05, 3.63) is 16.0 Å². The molecule has 0 fully saturated rings. The first-order chi connectivity index (χ1) is 10.9. The second-order valence-electron chi connectivity index (χ2n) is 5.69. The lowest BCUT2D eigenvalue weighted by Gasteiger charge is -2.06. The van der Waals surface area contributed by atoms with Gasteiger partial charge in [0.1, 0.15) is 15.9 Å². The fraction of sp³-hybridized carbons (Fsp3) is 0.588. The Morgan fingerprint density at radius 2 is 2.00 bits per heavy atom. The standard InChI is InChI=1S/C17H24N2O3S/c1-5-6-7-8-9-14(20)19-16-13(10-18)12(4)15(23-16)17(21)22-11(2)3/h11H,5-9H2,1-4H3,(H,19,20). The maximum atomic E-state index is 12.1. The van der Waals surface area contributed by atoms with Crippen LogP contribution in [0.1, 0.15) is 73.7 Å². The molecule has 1 rings (SSSR count). The van der Waals surface area contributed by atoms with E-state index in [1.54, 1.807) is 20.8 Å². The molecule has 0 aliphatic rings. The van der Waals surface area contributed by atoms with Crippen LogP contribution >= 0.6 is 11.3 Å². The molecule has 0 radical (unpaired) electrons. The summed E-state index contributed by atoms with van der Waals surface area (Å²) in [5.74, 6) is -0.579. The maximum Gasteiger partial charge on any atom is 0.348 e. The number of ether oxygens (including phenoxy) is 1. The van der Waals surface area contributed by atoms with Crippen molar-refractivity contribution < 1.29 is 14.3 Å². The lowest BCUT2D eigenvalue weighted by molar-refractivity contribution is -0.116. The first-order valence-corrected chi connectivity index (χ1v) is 8.76. The van der Waals surface area contributed by atoms with E-state index in [1.165, 1.54) is 0 Å². The predicted molar refractivity (Wildman–Crippen MR) is 91.7 cm³/mol. The smallest absolute Gasteiger partial charge is 0.348 e. The maximum absolute atomic E-state index is 12.1. The Balaban J connectivity index is 2.81. The van der Waals surface area contributed by atoms with E-state index < -0.39 is 5.97 Å². The summed E-state index contributed by atoms with van der Waals surface area (Å²) >= 11 is 1.10. The SMILES string of the molecule is CCCCCCC(=O)Nc1sc(C(=O)OC(C)C)c(C)c1C#N. The van der Waals surface area contributed by atoms with E-state index in [0.29, 0.717) is 27.4 Å². The van der Waals surface area contributed by atoms with Gasteiger partial charge in [0.25, 0.3) is 0 Å². The van der Waals surface area contributed by atoms with E-state index in [0.717, 1.165) is 37.0 Å². The summed E-state index contributed by atoms with van der Waals surface area (Å²) in [5.41, 5.74) is 0.900. The zero-order chi connectivity index (χ0) is 17.4. The minimum atomic E-state index is -0.456. The van der Waals surface area contributed by atoms with Crippen molar-refractivity contribution in [1.82, 2.24) is 0 Å². The molecule has 23 heavy (non-hydrogen) atoms. The molecule has 0 bridgehead atoms. The van der Waals surface area contributed by atoms with Crippen molar-refractivity contribution in [1.29, 1.82) is 5.26 Å². The Morgan fingerprint density at radius 3 is 2.57 bits per heavy atom. The molecule has 1 heterocycles. The Hall–Kier alpha value is -1.87. The number of unbranched alkanes of at least 4 members (excludes halogenated alkanes) is 3. The van der Waals surface area contributed by atoms with Gasteiger partial charge in [0, 0.05) is 6.42 Å². The van der Waals surface area contributed by atoms with Gasteiger partial charge < -0.3 is 10.1 Å². The van der Waals surface area contributed by atoms with Crippen molar-refractivity contribution in [2.45, 2.75) is 65.9 Å². The number of carbonyl (C=O) groups excluding carboxylic acids is 2. The molecular weight excluding hydrogens is 312 g/mol. The summed E-state index contributed by atoms with van der Waals surface area (Å²) < 4.78 is 5.18. The van der Waals surface area contributed by atoms with Crippen LogP contribution in [0.15, 0.2) is 0 Å². The highest BCUT2D eigenvalue weighted by molar-refractivity contribution is 7.18. The Labute approximate surface area is 141 Å². The molecule has 0 unspecified atom stereocenters. The van der Waals surface area contributed by atoms with Crippen molar-refractivity contribution in [2.24, 2.45) is 0 Å². The van der Waals surface area contributed by atoms with Gasteiger partial charge in [-0.1, -0.05) is 26.2 Å². The number of rotatable bonds is 8. The number of carbonyl (C=O) groups is 2. The van der Waals surface area contributed by atoms with E-state index in [4.69, 9.17) is 4.74 Å². The van der Waals surface area contributed by atoms with Crippen LogP contribution in [-0.2, 0) is 9.53 Å². The highest BCUT2D eigenvalue weighted by Gasteiger charge is 2.22. The fourth-order valence-corrected chi connectivity index (χ4v) is 3.16. The van der Waals surface area contributed by atoms with Crippen molar-refractivity contribution in [2.75, 3.05) is 5.32 Å². The van der Waals surface area contributed by atoms with E-state index in [1.807, 2.05) is 0 Å². The third kappa shape index (κ3) is 5.68. The van der Waals surface area contributed by atoms with Crippen LogP contribution in [-0.4, -0.2) is 18.0 Å². The van der Waals surface area contributed by atoms with Crippen molar-refractivity contribution >= 4 is 28.2 Å². The molecule has 6 heteroatoms. The largest absolute Gasteiger partial charge is 0.459 e. The second-order valence-corrected chi connectivity index (χ2v) is 6.71. The van der Waals surface area contributed by atoms with Crippen LogP contribution in [0.3, 0.4) is 0 Å². The van der Waals surface area contributed by atoms with Gasteiger partial charge in [0.2, 0.25) is 5.91 Å². The van der Waals surface area contributed by atoms with Gasteiger partial charge in [-0.25, -0.2) is 4.79 Å². The van der Waals surface area contributed by atoms with Gasteiger partial charge in [-0.15, -0.1) is 11.3 Å².